The van der Waals surface area contributed by atoms with Gasteiger partial charge in [-0.05, 0) is 68.1 Å². The van der Waals surface area contributed by atoms with Crippen LogP contribution in [0.2, 0.25) is 0 Å². The second-order valence-corrected chi connectivity index (χ2v) is 8.01. The molecule has 2 aromatic carbocycles. The van der Waals surface area contributed by atoms with Crippen LogP contribution in [-0.4, -0.2) is 19.5 Å². The second-order valence-electron chi connectivity index (χ2n) is 6.33. The van der Waals surface area contributed by atoms with Gasteiger partial charge in [-0.25, -0.2) is 13.2 Å². The molecule has 0 spiro atoms. The van der Waals surface area contributed by atoms with Crippen LogP contribution < -0.4 is 15.2 Å². The zero-order chi connectivity index (χ0) is 18.1. The molecule has 0 aliphatic heterocycles. The maximum absolute atomic E-state index is 12.6. The fourth-order valence-corrected chi connectivity index (χ4v) is 4.18. The summed E-state index contributed by atoms with van der Waals surface area (Å²) in [4.78, 5) is 13.8. The van der Waals surface area contributed by atoms with Crippen molar-refractivity contribution in [2.45, 2.75) is 36.7 Å². The summed E-state index contributed by atoms with van der Waals surface area (Å²) in [6.45, 7) is 0. The zero-order valence-electron chi connectivity index (χ0n) is 13.9. The Balaban J connectivity index is 1.52. The van der Waals surface area contributed by atoms with E-state index in [0.29, 0.717) is 22.5 Å². The van der Waals surface area contributed by atoms with E-state index in [4.69, 9.17) is 9.15 Å². The summed E-state index contributed by atoms with van der Waals surface area (Å²) in [7, 11) is -3.75. The smallest absolute Gasteiger partial charge is 0.417 e. The lowest BCUT2D eigenvalue weighted by atomic mass is 10.3. The lowest BCUT2D eigenvalue weighted by molar-refractivity contribution is 0.210. The van der Waals surface area contributed by atoms with E-state index in [2.05, 4.69) is 9.71 Å². The summed E-state index contributed by atoms with van der Waals surface area (Å²) >= 11 is 0. The SMILES string of the molecule is O=c1[nH]c2cc(NS(=O)(=O)c3ccc(OC4CCCC4)cc3)ccc2o1. The first kappa shape index (κ1) is 16.7. The van der Waals surface area contributed by atoms with Crippen LogP contribution in [0.15, 0.2) is 56.6 Å². The molecule has 1 aliphatic carbocycles. The molecule has 0 radical (unpaired) electrons. The number of hydrogen-bond donors (Lipinski definition) is 2. The van der Waals surface area contributed by atoms with Crippen LogP contribution in [0.1, 0.15) is 25.7 Å². The molecule has 0 unspecified atom stereocenters. The van der Waals surface area contributed by atoms with Crippen molar-refractivity contribution in [1.82, 2.24) is 4.98 Å². The van der Waals surface area contributed by atoms with Gasteiger partial charge < -0.3 is 9.15 Å². The van der Waals surface area contributed by atoms with Gasteiger partial charge in [0.15, 0.2) is 5.58 Å². The molecule has 0 atom stereocenters. The van der Waals surface area contributed by atoms with E-state index in [-0.39, 0.29) is 11.0 Å². The minimum atomic E-state index is -3.75. The summed E-state index contributed by atoms with van der Waals surface area (Å²) in [5.41, 5.74) is 1.13. The number of rotatable bonds is 5. The van der Waals surface area contributed by atoms with Crippen LogP contribution in [-0.2, 0) is 10.0 Å². The molecule has 1 heterocycles. The molecule has 1 aliphatic rings. The van der Waals surface area contributed by atoms with Crippen molar-refractivity contribution in [3.8, 4) is 5.75 Å². The molecule has 7 nitrogen and oxygen atoms in total. The number of aromatic amines is 1. The Morgan fingerprint density at radius 2 is 1.81 bits per heavy atom. The quantitative estimate of drug-likeness (QED) is 0.714. The molecule has 1 aromatic heterocycles. The van der Waals surface area contributed by atoms with E-state index in [9.17, 15) is 13.2 Å². The van der Waals surface area contributed by atoms with E-state index < -0.39 is 15.8 Å². The van der Waals surface area contributed by atoms with Gasteiger partial charge in [0.05, 0.1) is 22.2 Å². The fourth-order valence-electron chi connectivity index (χ4n) is 3.13. The summed E-state index contributed by atoms with van der Waals surface area (Å²) < 4.78 is 38.4. The average molecular weight is 374 g/mol. The van der Waals surface area contributed by atoms with Gasteiger partial charge in [0.25, 0.3) is 10.0 Å². The highest BCUT2D eigenvalue weighted by Crippen LogP contribution is 2.26. The van der Waals surface area contributed by atoms with Crippen LogP contribution in [0.3, 0.4) is 0 Å². The Labute approximate surface area is 150 Å². The standard InChI is InChI=1S/C18H18N2O5S/c21-18-19-16-11-12(5-10-17(16)25-18)20-26(22,23)15-8-6-14(7-9-15)24-13-3-1-2-4-13/h5-11,13,20H,1-4H2,(H,19,21). The van der Waals surface area contributed by atoms with Gasteiger partial charge in [-0.2, -0.15) is 0 Å². The van der Waals surface area contributed by atoms with Gasteiger partial charge in [-0.3, -0.25) is 9.71 Å². The highest BCUT2D eigenvalue weighted by molar-refractivity contribution is 7.92. The number of fused-ring (bicyclic) bond motifs is 1. The van der Waals surface area contributed by atoms with Gasteiger partial charge in [0, 0.05) is 0 Å². The van der Waals surface area contributed by atoms with Crippen LogP contribution in [0.25, 0.3) is 11.1 Å². The lowest BCUT2D eigenvalue weighted by Gasteiger charge is -2.13. The second kappa shape index (κ2) is 6.53. The van der Waals surface area contributed by atoms with E-state index in [0.717, 1.165) is 12.8 Å². The van der Waals surface area contributed by atoms with E-state index >= 15 is 0 Å². The number of nitrogens with one attached hydrogen (secondary N) is 2. The van der Waals surface area contributed by atoms with Crippen LogP contribution >= 0.6 is 0 Å². The first-order valence-electron chi connectivity index (χ1n) is 8.42. The molecule has 0 amide bonds. The van der Waals surface area contributed by atoms with E-state index in [1.165, 1.54) is 43.2 Å². The summed E-state index contributed by atoms with van der Waals surface area (Å²) in [6, 6.07) is 11.0. The Morgan fingerprint density at radius 1 is 1.08 bits per heavy atom. The van der Waals surface area contributed by atoms with Crippen molar-refractivity contribution in [3.63, 3.8) is 0 Å². The number of benzene rings is 2. The molecule has 3 aromatic rings. The van der Waals surface area contributed by atoms with Crippen molar-refractivity contribution in [1.29, 1.82) is 0 Å². The maximum atomic E-state index is 12.6. The van der Waals surface area contributed by atoms with Gasteiger partial charge in [0.1, 0.15) is 5.75 Å². The maximum Gasteiger partial charge on any atom is 0.417 e. The predicted octanol–water partition coefficient (Wildman–Crippen LogP) is 3.24. The number of sulfonamides is 1. The van der Waals surface area contributed by atoms with Crippen molar-refractivity contribution in [2.75, 3.05) is 4.72 Å². The molecule has 0 bridgehead atoms. The molecular formula is C18H18N2O5S. The Kier molecular flexibility index (Phi) is 4.20. The normalized spacial score (nSPS) is 15.4. The van der Waals surface area contributed by atoms with Crippen molar-refractivity contribution in [2.24, 2.45) is 0 Å². The summed E-state index contributed by atoms with van der Waals surface area (Å²) in [6.07, 6.45) is 4.65. The third-order valence-corrected chi connectivity index (χ3v) is 5.81. The van der Waals surface area contributed by atoms with Gasteiger partial charge >= 0.3 is 5.76 Å². The lowest BCUT2D eigenvalue weighted by Crippen LogP contribution is -2.13. The molecule has 1 fully saturated rings. The number of oxazole rings is 1. The van der Waals surface area contributed by atoms with E-state index in [1.54, 1.807) is 12.1 Å². The topological polar surface area (TPSA) is 101 Å². The third-order valence-electron chi connectivity index (χ3n) is 4.41. The number of aromatic nitrogens is 1. The highest BCUT2D eigenvalue weighted by atomic mass is 32.2. The van der Waals surface area contributed by atoms with Gasteiger partial charge in [0.2, 0.25) is 0 Å². The van der Waals surface area contributed by atoms with Crippen molar-refractivity contribution >= 4 is 26.8 Å². The molecule has 8 heteroatoms. The van der Waals surface area contributed by atoms with Crippen molar-refractivity contribution in [3.05, 3.63) is 53.0 Å². The summed E-state index contributed by atoms with van der Waals surface area (Å²) in [5, 5.41) is 0. The highest BCUT2D eigenvalue weighted by Gasteiger charge is 2.18. The molecule has 136 valence electrons. The molecule has 4 rings (SSSR count). The average Bonchev–Trinajstić information content (AvgIpc) is 3.23. The largest absolute Gasteiger partial charge is 0.490 e. The minimum absolute atomic E-state index is 0.136. The Morgan fingerprint density at radius 3 is 2.54 bits per heavy atom. The minimum Gasteiger partial charge on any atom is -0.490 e. The molecule has 26 heavy (non-hydrogen) atoms. The van der Waals surface area contributed by atoms with Gasteiger partial charge in [-0.1, -0.05) is 0 Å². The van der Waals surface area contributed by atoms with Crippen LogP contribution in [0.5, 0.6) is 5.75 Å². The molecule has 1 saturated carbocycles. The fraction of sp³-hybridized carbons (Fsp3) is 0.278. The van der Waals surface area contributed by atoms with Crippen LogP contribution in [0.4, 0.5) is 5.69 Å². The van der Waals surface area contributed by atoms with Crippen LogP contribution in [0, 0.1) is 0 Å². The summed E-state index contributed by atoms with van der Waals surface area (Å²) in [5.74, 6) is 0.0890. The number of ether oxygens (including phenoxy) is 1. The zero-order valence-corrected chi connectivity index (χ0v) is 14.7. The first-order chi connectivity index (χ1) is 12.5. The number of hydrogen-bond acceptors (Lipinski definition) is 5. The number of H-pyrrole nitrogens is 1. The van der Waals surface area contributed by atoms with E-state index in [1.807, 2.05) is 0 Å². The third kappa shape index (κ3) is 3.45. The van der Waals surface area contributed by atoms with Crippen molar-refractivity contribution < 1.29 is 17.6 Å². The Hall–Kier alpha value is -2.74. The Bertz CT molecular complexity index is 1080. The number of anilines is 1. The molecular weight excluding hydrogens is 356 g/mol. The first-order valence-corrected chi connectivity index (χ1v) is 9.90. The predicted molar refractivity (Wildman–Crippen MR) is 97.0 cm³/mol. The molecule has 2 N–H and O–H groups in total. The van der Waals surface area contributed by atoms with Gasteiger partial charge in [-0.15, -0.1) is 0 Å². The monoisotopic (exact) mass is 374 g/mol. The molecule has 0 saturated heterocycles.